The van der Waals surface area contributed by atoms with Crippen LogP contribution in [0, 0.1) is 0 Å². The van der Waals surface area contributed by atoms with Crippen molar-refractivity contribution in [1.29, 1.82) is 0 Å². The fourth-order valence-electron chi connectivity index (χ4n) is 6.59. The fourth-order valence-corrected chi connectivity index (χ4v) is 7.11. The summed E-state index contributed by atoms with van der Waals surface area (Å²) in [5, 5.41) is 1.26. The molecule has 0 spiro atoms. The highest BCUT2D eigenvalue weighted by Crippen LogP contribution is 2.49. The van der Waals surface area contributed by atoms with Gasteiger partial charge in [0.05, 0.1) is 33.8 Å². The number of allylic oxidation sites excluding steroid dienone is 4. The van der Waals surface area contributed by atoms with Crippen molar-refractivity contribution >= 4 is 34.6 Å². The van der Waals surface area contributed by atoms with Gasteiger partial charge in [-0.15, -0.1) is 0 Å². The van der Waals surface area contributed by atoms with Crippen molar-refractivity contribution in [2.24, 2.45) is 9.98 Å². The largest absolute Gasteiger partial charge is 0.278 e. The van der Waals surface area contributed by atoms with Crippen LogP contribution in [0.4, 0.5) is 0 Å². The van der Waals surface area contributed by atoms with Crippen LogP contribution in [-0.2, 0) is 5.79 Å². The summed E-state index contributed by atoms with van der Waals surface area (Å²) in [4.78, 5) is 16.9. The highest BCUT2D eigenvalue weighted by Gasteiger charge is 2.47. The third-order valence-electron chi connectivity index (χ3n) is 8.81. The van der Waals surface area contributed by atoms with Crippen molar-refractivity contribution in [3.05, 3.63) is 196 Å². The highest BCUT2D eigenvalue weighted by atomic mass is 35.5. The molecule has 1 atom stereocenters. The van der Waals surface area contributed by atoms with Crippen LogP contribution >= 0.6 is 23.2 Å². The lowest BCUT2D eigenvalue weighted by molar-refractivity contribution is 0.385. The van der Waals surface area contributed by atoms with Crippen LogP contribution in [0.3, 0.4) is 0 Å². The fraction of sp³-hybridized carbons (Fsp3) is 0.0714. The van der Waals surface area contributed by atoms with Gasteiger partial charge in [0.15, 0.2) is 0 Å². The van der Waals surface area contributed by atoms with E-state index in [9.17, 15) is 0 Å². The Hall–Kier alpha value is -5.29. The molecule has 1 unspecified atom stereocenters. The Labute approximate surface area is 290 Å². The second kappa shape index (κ2) is 12.7. The molecule has 1 aromatic heterocycles. The van der Waals surface area contributed by atoms with Gasteiger partial charge in [-0.25, -0.2) is 15.0 Å². The standard InChI is InChI=1S/C42H30Cl2N4/c43-35-27-15-13-25-33(35)41-45-39(31-21-9-3-10-22-31)40(32-23-11-4-12-24-32)48(41)42(34-26-14-16-28-36(34)44)46-37(29-17-5-1-6-18-29)38(47-42)30-19-7-2-8-20-30/h1-24,26-28,33H,25H2. The van der Waals surface area contributed by atoms with Crippen molar-refractivity contribution in [2.45, 2.75) is 18.1 Å². The molecule has 6 aromatic rings. The molecule has 0 saturated heterocycles. The molecule has 0 radical (unpaired) electrons. The van der Waals surface area contributed by atoms with E-state index < -0.39 is 5.79 Å². The van der Waals surface area contributed by atoms with E-state index in [2.05, 4.69) is 59.2 Å². The van der Waals surface area contributed by atoms with Crippen LogP contribution in [0.15, 0.2) is 179 Å². The minimum atomic E-state index is -1.37. The minimum Gasteiger partial charge on any atom is -0.278 e. The van der Waals surface area contributed by atoms with E-state index in [-0.39, 0.29) is 5.92 Å². The minimum absolute atomic E-state index is 0.234. The summed E-state index contributed by atoms with van der Waals surface area (Å²) in [7, 11) is 0. The molecule has 0 saturated carbocycles. The molecule has 2 aliphatic rings. The van der Waals surface area contributed by atoms with Crippen LogP contribution in [0.25, 0.3) is 22.5 Å². The first-order chi connectivity index (χ1) is 23.6. The van der Waals surface area contributed by atoms with Crippen LogP contribution in [0.5, 0.6) is 0 Å². The van der Waals surface area contributed by atoms with Gasteiger partial charge in [0.1, 0.15) is 5.82 Å². The number of hydrogen-bond acceptors (Lipinski definition) is 3. The zero-order valence-electron chi connectivity index (χ0n) is 25.9. The summed E-state index contributed by atoms with van der Waals surface area (Å²) in [6.45, 7) is 0. The Morgan fingerprint density at radius 3 is 1.62 bits per heavy atom. The summed E-state index contributed by atoms with van der Waals surface area (Å²) in [6, 6.07) is 48.9. The Morgan fingerprint density at radius 2 is 1.08 bits per heavy atom. The second-order valence-corrected chi connectivity index (χ2v) is 12.6. The number of rotatable bonds is 7. The van der Waals surface area contributed by atoms with E-state index in [1.807, 2.05) is 109 Å². The number of aliphatic imine (C=N–C) groups is 2. The number of aromatic nitrogens is 2. The Bertz CT molecular complexity index is 2160. The summed E-state index contributed by atoms with van der Waals surface area (Å²) in [6.07, 6.45) is 6.76. The summed E-state index contributed by atoms with van der Waals surface area (Å²) in [5.41, 5.74) is 7.86. The van der Waals surface area contributed by atoms with E-state index in [1.54, 1.807) is 0 Å². The third kappa shape index (κ3) is 5.24. The quantitative estimate of drug-likeness (QED) is 0.168. The SMILES string of the molecule is ClC1=CC=CCC1c1nc(-c2ccccc2)c(-c2ccccc2)n1C1(c2ccccc2Cl)N=C(c2ccccc2)C(c2ccccc2)=N1. The maximum Gasteiger partial charge on any atom is 0.262 e. The summed E-state index contributed by atoms with van der Waals surface area (Å²) < 4.78 is 2.20. The smallest absolute Gasteiger partial charge is 0.262 e. The average molecular weight is 662 g/mol. The first-order valence-electron chi connectivity index (χ1n) is 16.0. The van der Waals surface area contributed by atoms with Crippen molar-refractivity contribution < 1.29 is 0 Å². The zero-order chi connectivity index (χ0) is 32.5. The van der Waals surface area contributed by atoms with E-state index in [0.29, 0.717) is 16.5 Å². The van der Waals surface area contributed by atoms with Gasteiger partial charge in [0.25, 0.3) is 5.79 Å². The lowest BCUT2D eigenvalue weighted by Gasteiger charge is -2.32. The van der Waals surface area contributed by atoms with Crippen LogP contribution in [0.2, 0.25) is 5.02 Å². The molecule has 2 heterocycles. The van der Waals surface area contributed by atoms with E-state index in [4.69, 9.17) is 38.2 Å². The number of nitrogens with zero attached hydrogens (tertiary/aromatic N) is 4. The van der Waals surface area contributed by atoms with Gasteiger partial charge in [-0.1, -0.05) is 175 Å². The molecule has 48 heavy (non-hydrogen) atoms. The second-order valence-electron chi connectivity index (χ2n) is 11.8. The van der Waals surface area contributed by atoms with Gasteiger partial charge in [-0.3, -0.25) is 4.57 Å². The monoisotopic (exact) mass is 660 g/mol. The lowest BCUT2D eigenvalue weighted by atomic mass is 9.98. The number of halogens is 2. The molecule has 232 valence electrons. The van der Waals surface area contributed by atoms with Crippen molar-refractivity contribution in [2.75, 3.05) is 0 Å². The maximum atomic E-state index is 7.20. The van der Waals surface area contributed by atoms with Crippen LogP contribution in [0.1, 0.15) is 34.9 Å². The molecule has 0 N–H and O–H groups in total. The molecular formula is C42H30Cl2N4. The molecule has 1 aliphatic heterocycles. The van der Waals surface area contributed by atoms with Crippen LogP contribution < -0.4 is 0 Å². The van der Waals surface area contributed by atoms with Crippen molar-refractivity contribution in [1.82, 2.24) is 9.55 Å². The van der Waals surface area contributed by atoms with Gasteiger partial charge < -0.3 is 0 Å². The predicted molar refractivity (Wildman–Crippen MR) is 198 cm³/mol. The average Bonchev–Trinajstić information content (AvgIpc) is 3.75. The predicted octanol–water partition coefficient (Wildman–Crippen LogP) is 10.7. The Morgan fingerprint density at radius 1 is 0.583 bits per heavy atom. The number of benzene rings is 5. The first-order valence-corrected chi connectivity index (χ1v) is 16.7. The lowest BCUT2D eigenvalue weighted by Crippen LogP contribution is -2.33. The molecule has 5 aromatic carbocycles. The molecular weight excluding hydrogens is 631 g/mol. The maximum absolute atomic E-state index is 7.20. The molecule has 0 bridgehead atoms. The highest BCUT2D eigenvalue weighted by molar-refractivity contribution is 6.54. The van der Waals surface area contributed by atoms with Gasteiger partial charge in [-0.05, 0) is 18.6 Å². The topological polar surface area (TPSA) is 42.5 Å². The Balaban J connectivity index is 1.56. The molecule has 8 rings (SSSR count). The first kappa shape index (κ1) is 30.1. The molecule has 1 aliphatic carbocycles. The molecule has 0 fully saturated rings. The number of imidazole rings is 1. The molecule has 0 amide bonds. The zero-order valence-corrected chi connectivity index (χ0v) is 27.4. The normalized spacial score (nSPS) is 16.7. The van der Waals surface area contributed by atoms with Crippen LogP contribution in [-0.4, -0.2) is 21.0 Å². The number of hydrogen-bond donors (Lipinski definition) is 0. The van der Waals surface area contributed by atoms with Gasteiger partial charge in [-0.2, -0.15) is 0 Å². The van der Waals surface area contributed by atoms with Gasteiger partial charge >= 0.3 is 0 Å². The van der Waals surface area contributed by atoms with E-state index in [0.717, 1.165) is 56.5 Å². The van der Waals surface area contributed by atoms with Crippen molar-refractivity contribution in [3.8, 4) is 22.5 Å². The third-order valence-corrected chi connectivity index (χ3v) is 9.53. The summed E-state index contributed by atoms with van der Waals surface area (Å²) in [5.74, 6) is -0.845. The van der Waals surface area contributed by atoms with Gasteiger partial charge in [0.2, 0.25) is 0 Å². The van der Waals surface area contributed by atoms with E-state index in [1.165, 1.54) is 0 Å². The molecule has 4 nitrogen and oxygen atoms in total. The Kier molecular flexibility index (Phi) is 7.97. The van der Waals surface area contributed by atoms with Gasteiger partial charge in [0, 0.05) is 32.8 Å². The summed E-state index contributed by atoms with van der Waals surface area (Å²) >= 11 is 14.3. The molecule has 6 heteroatoms. The van der Waals surface area contributed by atoms with E-state index >= 15 is 0 Å². The van der Waals surface area contributed by atoms with Crippen molar-refractivity contribution in [3.63, 3.8) is 0 Å².